The lowest BCUT2D eigenvalue weighted by Crippen LogP contribution is -2.20. The summed E-state index contributed by atoms with van der Waals surface area (Å²) < 4.78 is 18.6. The number of rotatable bonds is 2. The van der Waals surface area contributed by atoms with Crippen LogP contribution in [0.4, 0.5) is 15.0 Å². The summed E-state index contributed by atoms with van der Waals surface area (Å²) in [5.74, 6) is 1.05. The molecule has 1 aromatic heterocycles. The standard InChI is InChI=1S/C18H16FN3O.C4H8O.C2H5NO2/c19-12-7-8-15-14(11-12)18(22-9-3-4-10-22)21-17(20-15)13-5-1-2-6-16(13)23;1-2-4-5-3-1;1-3-2(4)5/h1-2,5-8,11,23H,3-4,9-10H2;1-4H2;3H,1H3,(H,4,5). The van der Waals surface area contributed by atoms with Crippen LogP contribution >= 0.6 is 0 Å². The average molecular weight is 457 g/mol. The molecular formula is C24H29FN4O4. The number of carbonyl (C=O) groups is 1. The van der Waals surface area contributed by atoms with Crippen LogP contribution in [-0.4, -0.2) is 59.6 Å². The number of carboxylic acid groups (broad SMARTS) is 1. The van der Waals surface area contributed by atoms with E-state index in [1.807, 2.05) is 11.4 Å². The van der Waals surface area contributed by atoms with Crippen LogP contribution in [0.2, 0.25) is 0 Å². The van der Waals surface area contributed by atoms with Crippen molar-refractivity contribution < 1.29 is 24.1 Å². The number of nitrogens with one attached hydrogen (secondary N) is 1. The van der Waals surface area contributed by atoms with Crippen molar-refractivity contribution in [3.05, 3.63) is 48.3 Å². The number of aromatic nitrogens is 2. The molecule has 0 bridgehead atoms. The van der Waals surface area contributed by atoms with E-state index in [0.29, 0.717) is 22.3 Å². The van der Waals surface area contributed by atoms with Crippen molar-refractivity contribution in [1.82, 2.24) is 15.3 Å². The molecule has 2 saturated heterocycles. The lowest BCUT2D eigenvalue weighted by molar-refractivity contribution is 0.197. The van der Waals surface area contributed by atoms with Gasteiger partial charge in [-0.15, -0.1) is 0 Å². The quantitative estimate of drug-likeness (QED) is 0.524. The Labute approximate surface area is 192 Å². The van der Waals surface area contributed by atoms with Crippen LogP contribution in [0.5, 0.6) is 5.75 Å². The molecule has 2 aliphatic heterocycles. The largest absolute Gasteiger partial charge is 0.507 e. The highest BCUT2D eigenvalue weighted by Gasteiger charge is 2.20. The lowest BCUT2D eigenvalue weighted by Gasteiger charge is -2.19. The predicted octanol–water partition coefficient (Wildman–Crippen LogP) is 4.42. The Bertz CT molecular complexity index is 1060. The summed E-state index contributed by atoms with van der Waals surface area (Å²) in [5.41, 5.74) is 1.26. The number of amides is 1. The molecular weight excluding hydrogens is 427 g/mol. The topological polar surface area (TPSA) is 108 Å². The van der Waals surface area contributed by atoms with Crippen molar-refractivity contribution in [2.75, 3.05) is 38.3 Å². The average Bonchev–Trinajstić information content (AvgIpc) is 3.56. The highest BCUT2D eigenvalue weighted by atomic mass is 19.1. The van der Waals surface area contributed by atoms with E-state index in [0.717, 1.165) is 45.0 Å². The minimum atomic E-state index is -0.995. The third kappa shape index (κ3) is 6.76. The molecule has 3 heterocycles. The molecule has 1 amide bonds. The van der Waals surface area contributed by atoms with Gasteiger partial charge in [0.2, 0.25) is 0 Å². The van der Waals surface area contributed by atoms with Crippen LogP contribution in [0.15, 0.2) is 42.5 Å². The number of phenolic OH excluding ortho intramolecular Hbond substituents is 1. The van der Waals surface area contributed by atoms with Crippen LogP contribution in [0, 0.1) is 5.82 Å². The van der Waals surface area contributed by atoms with Crippen molar-refractivity contribution in [2.45, 2.75) is 25.7 Å². The number of ether oxygens (including phenoxy) is 1. The molecule has 2 fully saturated rings. The summed E-state index contributed by atoms with van der Waals surface area (Å²) in [6.45, 7) is 3.81. The molecule has 0 atom stereocenters. The normalized spacial score (nSPS) is 14.8. The first kappa shape index (κ1) is 24.2. The van der Waals surface area contributed by atoms with E-state index < -0.39 is 6.09 Å². The van der Waals surface area contributed by atoms with Gasteiger partial charge in [-0.25, -0.2) is 19.2 Å². The number of para-hydroxylation sites is 1. The van der Waals surface area contributed by atoms with Crippen LogP contribution < -0.4 is 10.2 Å². The maximum absolute atomic E-state index is 13.7. The Morgan fingerprint density at radius 3 is 2.30 bits per heavy atom. The number of phenols is 1. The van der Waals surface area contributed by atoms with E-state index in [2.05, 4.69) is 14.9 Å². The molecule has 3 N–H and O–H groups in total. The third-order valence-corrected chi connectivity index (χ3v) is 5.23. The molecule has 0 aliphatic carbocycles. The number of hydrogen-bond donors (Lipinski definition) is 3. The molecule has 0 radical (unpaired) electrons. The van der Waals surface area contributed by atoms with Gasteiger partial charge in [-0.05, 0) is 56.0 Å². The maximum atomic E-state index is 13.7. The second-order valence-electron chi connectivity index (χ2n) is 7.62. The van der Waals surface area contributed by atoms with Crippen molar-refractivity contribution in [2.24, 2.45) is 0 Å². The van der Waals surface area contributed by atoms with Gasteiger partial charge in [-0.3, -0.25) is 0 Å². The van der Waals surface area contributed by atoms with Crippen molar-refractivity contribution >= 4 is 22.8 Å². The number of nitrogens with zero attached hydrogens (tertiary/aromatic N) is 3. The van der Waals surface area contributed by atoms with Gasteiger partial charge >= 0.3 is 6.09 Å². The van der Waals surface area contributed by atoms with Gasteiger partial charge < -0.3 is 25.2 Å². The van der Waals surface area contributed by atoms with E-state index >= 15 is 0 Å². The SMILES string of the molecule is C1CCOC1.CNC(=O)O.Oc1ccccc1-c1nc(N2CCCC2)c2cc(F)ccc2n1. The monoisotopic (exact) mass is 456 g/mol. The van der Waals surface area contributed by atoms with Crippen molar-refractivity contribution in [1.29, 1.82) is 0 Å². The molecule has 0 saturated carbocycles. The minimum Gasteiger partial charge on any atom is -0.507 e. The fourth-order valence-electron chi connectivity index (χ4n) is 3.55. The molecule has 8 nitrogen and oxygen atoms in total. The first-order valence-corrected chi connectivity index (χ1v) is 11.0. The Morgan fingerprint density at radius 1 is 1.06 bits per heavy atom. The van der Waals surface area contributed by atoms with Gasteiger partial charge in [-0.1, -0.05) is 12.1 Å². The Hall–Kier alpha value is -3.46. The number of halogens is 1. The van der Waals surface area contributed by atoms with Crippen LogP contribution in [0.25, 0.3) is 22.3 Å². The second-order valence-corrected chi connectivity index (χ2v) is 7.62. The fourth-order valence-corrected chi connectivity index (χ4v) is 3.55. The fraction of sp³-hybridized carbons (Fsp3) is 0.375. The number of benzene rings is 2. The zero-order valence-corrected chi connectivity index (χ0v) is 18.6. The highest BCUT2D eigenvalue weighted by molar-refractivity contribution is 5.91. The summed E-state index contributed by atoms with van der Waals surface area (Å²) in [7, 11) is 1.35. The molecule has 5 rings (SSSR count). The van der Waals surface area contributed by atoms with E-state index in [9.17, 15) is 14.3 Å². The lowest BCUT2D eigenvalue weighted by atomic mass is 10.1. The summed E-state index contributed by atoms with van der Waals surface area (Å²) >= 11 is 0. The van der Waals surface area contributed by atoms with Gasteiger partial charge in [0.25, 0.3) is 0 Å². The van der Waals surface area contributed by atoms with Crippen molar-refractivity contribution in [3.8, 4) is 17.1 Å². The number of hydrogen-bond acceptors (Lipinski definition) is 6. The highest BCUT2D eigenvalue weighted by Crippen LogP contribution is 2.32. The van der Waals surface area contributed by atoms with Gasteiger partial charge in [0.05, 0.1) is 11.1 Å². The third-order valence-electron chi connectivity index (χ3n) is 5.23. The molecule has 2 aliphatic rings. The molecule has 3 aromatic rings. The Balaban J connectivity index is 0.000000256. The molecule has 9 heteroatoms. The van der Waals surface area contributed by atoms with Gasteiger partial charge in [0.15, 0.2) is 5.82 Å². The van der Waals surface area contributed by atoms with Gasteiger partial charge in [0, 0.05) is 38.7 Å². The maximum Gasteiger partial charge on any atom is 0.404 e. The van der Waals surface area contributed by atoms with Gasteiger partial charge in [0.1, 0.15) is 17.4 Å². The number of aromatic hydroxyl groups is 1. The molecule has 176 valence electrons. The summed E-state index contributed by atoms with van der Waals surface area (Å²) in [5, 5.41) is 20.4. The summed E-state index contributed by atoms with van der Waals surface area (Å²) in [4.78, 5) is 20.6. The van der Waals surface area contributed by atoms with Crippen LogP contribution in [0.3, 0.4) is 0 Å². The number of fused-ring (bicyclic) bond motifs is 1. The Kier molecular flexibility index (Phi) is 8.77. The first-order valence-electron chi connectivity index (χ1n) is 11.0. The molecule has 0 unspecified atom stereocenters. The minimum absolute atomic E-state index is 0.140. The second kappa shape index (κ2) is 12.0. The number of anilines is 1. The zero-order chi connectivity index (χ0) is 23.6. The summed E-state index contributed by atoms with van der Waals surface area (Å²) in [6.07, 6.45) is 3.77. The van der Waals surface area contributed by atoms with Crippen LogP contribution in [0.1, 0.15) is 25.7 Å². The smallest absolute Gasteiger partial charge is 0.404 e. The molecule has 33 heavy (non-hydrogen) atoms. The van der Waals surface area contributed by atoms with Crippen molar-refractivity contribution in [3.63, 3.8) is 0 Å². The first-order chi connectivity index (χ1) is 16.0. The van der Waals surface area contributed by atoms with Gasteiger partial charge in [-0.2, -0.15) is 0 Å². The molecule has 0 spiro atoms. The Morgan fingerprint density at radius 2 is 1.73 bits per heavy atom. The van der Waals surface area contributed by atoms with E-state index in [4.69, 9.17) is 9.84 Å². The van der Waals surface area contributed by atoms with E-state index in [1.165, 1.54) is 32.0 Å². The van der Waals surface area contributed by atoms with Crippen LogP contribution in [-0.2, 0) is 4.74 Å². The predicted molar refractivity (Wildman–Crippen MR) is 125 cm³/mol. The zero-order valence-electron chi connectivity index (χ0n) is 18.6. The van der Waals surface area contributed by atoms with E-state index in [-0.39, 0.29) is 11.6 Å². The molecule has 2 aromatic carbocycles. The summed E-state index contributed by atoms with van der Waals surface area (Å²) in [6, 6.07) is 11.5. The van der Waals surface area contributed by atoms with E-state index in [1.54, 1.807) is 24.3 Å².